The molecule has 2 aromatic carbocycles. The summed E-state index contributed by atoms with van der Waals surface area (Å²) in [5.74, 6) is -0.434. The molecule has 0 unspecified atom stereocenters. The van der Waals surface area contributed by atoms with Crippen LogP contribution in [0.15, 0.2) is 47.5 Å². The number of fused-ring (bicyclic) bond motifs is 3. The van der Waals surface area contributed by atoms with E-state index in [1.54, 1.807) is 0 Å². The standard InChI is InChI=1S/C24H22N2O4/c1-15-6-7-19-18(12-15)20(27)29-23(19)8-10-26(11-9-23)22-25-21(28)24(30-22)13-16-4-2-3-5-17(16)14-24/h2-7,12H,8-11,13-14H2,1H3. The summed E-state index contributed by atoms with van der Waals surface area (Å²) >= 11 is 0. The highest BCUT2D eigenvalue weighted by Gasteiger charge is 2.53. The number of amides is 1. The maximum Gasteiger partial charge on any atom is 0.339 e. The van der Waals surface area contributed by atoms with E-state index in [-0.39, 0.29) is 11.9 Å². The molecule has 6 nitrogen and oxygen atoms in total. The van der Waals surface area contributed by atoms with E-state index in [0.717, 1.165) is 22.3 Å². The van der Waals surface area contributed by atoms with Crippen molar-refractivity contribution >= 4 is 17.9 Å². The van der Waals surface area contributed by atoms with Gasteiger partial charge < -0.3 is 14.4 Å². The van der Waals surface area contributed by atoms with Crippen LogP contribution in [0, 0.1) is 6.92 Å². The number of aryl methyl sites for hydroxylation is 1. The number of aliphatic imine (C=N–C) groups is 1. The van der Waals surface area contributed by atoms with Crippen LogP contribution in [-0.4, -0.2) is 41.5 Å². The van der Waals surface area contributed by atoms with Crippen molar-refractivity contribution in [1.29, 1.82) is 0 Å². The summed E-state index contributed by atoms with van der Waals surface area (Å²) in [5, 5.41) is 0. The third kappa shape index (κ3) is 2.39. The topological polar surface area (TPSA) is 68.2 Å². The molecule has 0 N–H and O–H groups in total. The van der Waals surface area contributed by atoms with E-state index in [1.165, 1.54) is 0 Å². The molecule has 0 radical (unpaired) electrons. The molecule has 1 amide bonds. The lowest BCUT2D eigenvalue weighted by Crippen LogP contribution is -2.47. The predicted octanol–water partition coefficient (Wildman–Crippen LogP) is 2.91. The second kappa shape index (κ2) is 5.94. The first-order chi connectivity index (χ1) is 14.5. The number of carbonyl (C=O) groups is 2. The molecular formula is C24H22N2O4. The number of esters is 1. The van der Waals surface area contributed by atoms with Crippen LogP contribution in [0.2, 0.25) is 0 Å². The van der Waals surface area contributed by atoms with Gasteiger partial charge in [-0.25, -0.2) is 4.79 Å². The maximum atomic E-state index is 12.8. The molecule has 0 bridgehead atoms. The summed E-state index contributed by atoms with van der Waals surface area (Å²) in [6.07, 6.45) is 2.44. The predicted molar refractivity (Wildman–Crippen MR) is 109 cm³/mol. The van der Waals surface area contributed by atoms with Crippen molar-refractivity contribution in [1.82, 2.24) is 4.90 Å². The van der Waals surface area contributed by atoms with E-state index in [1.807, 2.05) is 42.2 Å². The SMILES string of the molecule is Cc1ccc2c(c1)C(=O)OC21CCN(C2=NC(=O)C3(Cc4ccccc4C3)O2)CC1. The monoisotopic (exact) mass is 402 g/mol. The molecule has 0 aromatic heterocycles. The van der Waals surface area contributed by atoms with Gasteiger partial charge in [-0.2, -0.15) is 4.99 Å². The van der Waals surface area contributed by atoms with Crippen molar-refractivity contribution in [2.24, 2.45) is 4.99 Å². The number of benzene rings is 2. The van der Waals surface area contributed by atoms with Gasteiger partial charge in [0.25, 0.3) is 11.9 Å². The van der Waals surface area contributed by atoms with E-state index in [4.69, 9.17) is 9.47 Å². The Morgan fingerprint density at radius 3 is 2.33 bits per heavy atom. The summed E-state index contributed by atoms with van der Waals surface area (Å²) in [5.41, 5.74) is 3.55. The first-order valence-corrected chi connectivity index (χ1v) is 10.5. The Kier molecular flexibility index (Phi) is 3.50. The highest BCUT2D eigenvalue weighted by atomic mass is 16.6. The summed E-state index contributed by atoms with van der Waals surface area (Å²) in [4.78, 5) is 31.5. The van der Waals surface area contributed by atoms with Gasteiger partial charge in [0.05, 0.1) is 5.56 Å². The summed E-state index contributed by atoms with van der Waals surface area (Å²) < 4.78 is 12.1. The average molecular weight is 402 g/mol. The zero-order valence-electron chi connectivity index (χ0n) is 16.8. The Morgan fingerprint density at radius 1 is 0.933 bits per heavy atom. The third-order valence-electron chi connectivity index (χ3n) is 6.96. The van der Waals surface area contributed by atoms with Crippen molar-refractivity contribution in [2.45, 2.75) is 43.8 Å². The molecule has 1 aliphatic carbocycles. The van der Waals surface area contributed by atoms with Crippen LogP contribution < -0.4 is 0 Å². The van der Waals surface area contributed by atoms with Crippen molar-refractivity contribution in [3.8, 4) is 0 Å². The first kappa shape index (κ1) is 17.7. The number of likely N-dealkylation sites (tertiary alicyclic amines) is 1. The van der Waals surface area contributed by atoms with Gasteiger partial charge in [-0.1, -0.05) is 42.0 Å². The van der Waals surface area contributed by atoms with Crippen LogP contribution in [0.5, 0.6) is 0 Å². The molecule has 30 heavy (non-hydrogen) atoms. The van der Waals surface area contributed by atoms with E-state index >= 15 is 0 Å². The molecule has 6 rings (SSSR count). The lowest BCUT2D eigenvalue weighted by molar-refractivity contribution is -0.130. The molecule has 2 aromatic rings. The minimum Gasteiger partial charge on any atom is -0.450 e. The molecule has 0 saturated carbocycles. The van der Waals surface area contributed by atoms with Crippen LogP contribution in [0.25, 0.3) is 0 Å². The van der Waals surface area contributed by atoms with Crippen molar-refractivity contribution in [3.63, 3.8) is 0 Å². The Labute approximate surface area is 174 Å². The summed E-state index contributed by atoms with van der Waals surface area (Å²) in [6.45, 7) is 3.22. The molecule has 152 valence electrons. The van der Waals surface area contributed by atoms with Crippen molar-refractivity contribution < 1.29 is 19.1 Å². The molecule has 1 fully saturated rings. The van der Waals surface area contributed by atoms with Crippen LogP contribution in [0.3, 0.4) is 0 Å². The highest BCUT2D eigenvalue weighted by molar-refractivity contribution is 6.02. The number of piperidine rings is 1. The first-order valence-electron chi connectivity index (χ1n) is 10.5. The van der Waals surface area contributed by atoms with Crippen LogP contribution in [-0.2, 0) is 32.7 Å². The Morgan fingerprint density at radius 2 is 1.63 bits per heavy atom. The van der Waals surface area contributed by atoms with Crippen LogP contribution in [0.4, 0.5) is 0 Å². The number of amidine groups is 1. The molecule has 6 heteroatoms. The van der Waals surface area contributed by atoms with E-state index < -0.39 is 11.2 Å². The maximum absolute atomic E-state index is 12.8. The highest BCUT2D eigenvalue weighted by Crippen LogP contribution is 2.45. The zero-order valence-corrected chi connectivity index (χ0v) is 16.8. The Hall–Kier alpha value is -3.15. The van der Waals surface area contributed by atoms with Gasteiger partial charge in [-0.05, 0) is 24.1 Å². The van der Waals surface area contributed by atoms with Gasteiger partial charge in [0, 0.05) is 44.3 Å². The van der Waals surface area contributed by atoms with E-state index in [2.05, 4.69) is 17.1 Å². The Balaban J connectivity index is 1.20. The summed E-state index contributed by atoms with van der Waals surface area (Å²) in [6, 6.07) is 14.5. The second-order valence-electron chi connectivity index (χ2n) is 8.84. The molecule has 2 spiro atoms. The number of carbonyl (C=O) groups excluding carboxylic acids is 2. The third-order valence-corrected chi connectivity index (χ3v) is 6.96. The minimum atomic E-state index is -0.891. The van der Waals surface area contributed by atoms with Crippen LogP contribution in [0.1, 0.15) is 45.5 Å². The van der Waals surface area contributed by atoms with E-state index in [0.29, 0.717) is 50.4 Å². The largest absolute Gasteiger partial charge is 0.450 e. The van der Waals surface area contributed by atoms with Crippen molar-refractivity contribution in [3.05, 3.63) is 70.3 Å². The lowest BCUT2D eigenvalue weighted by atomic mass is 9.83. The lowest BCUT2D eigenvalue weighted by Gasteiger charge is -2.39. The smallest absolute Gasteiger partial charge is 0.339 e. The van der Waals surface area contributed by atoms with Gasteiger partial charge in [-0.3, -0.25) is 4.79 Å². The molecule has 1 saturated heterocycles. The fourth-order valence-corrected chi connectivity index (χ4v) is 5.31. The molecule has 0 atom stereocenters. The Bertz CT molecular complexity index is 1100. The van der Waals surface area contributed by atoms with Crippen LogP contribution >= 0.6 is 0 Å². The van der Waals surface area contributed by atoms with Crippen molar-refractivity contribution in [2.75, 3.05) is 13.1 Å². The molecule has 3 aliphatic heterocycles. The number of hydrogen-bond acceptors (Lipinski definition) is 5. The van der Waals surface area contributed by atoms with Gasteiger partial charge in [0.1, 0.15) is 5.60 Å². The second-order valence-corrected chi connectivity index (χ2v) is 8.84. The fraction of sp³-hybridized carbons (Fsp3) is 0.375. The quantitative estimate of drug-likeness (QED) is 0.634. The number of ether oxygens (including phenoxy) is 2. The number of rotatable bonds is 0. The van der Waals surface area contributed by atoms with Gasteiger partial charge >= 0.3 is 5.97 Å². The fourth-order valence-electron chi connectivity index (χ4n) is 5.31. The summed E-state index contributed by atoms with van der Waals surface area (Å²) in [7, 11) is 0. The number of hydrogen-bond donors (Lipinski definition) is 0. The van der Waals surface area contributed by atoms with E-state index in [9.17, 15) is 9.59 Å². The molecular weight excluding hydrogens is 380 g/mol. The number of nitrogens with zero attached hydrogens (tertiary/aromatic N) is 2. The van der Waals surface area contributed by atoms with Gasteiger partial charge in [0.2, 0.25) is 5.60 Å². The molecule has 4 aliphatic rings. The van der Waals surface area contributed by atoms with Gasteiger partial charge in [-0.15, -0.1) is 0 Å². The zero-order chi connectivity index (χ0) is 20.5. The normalized spacial score (nSPS) is 22.7. The molecule has 3 heterocycles. The van der Waals surface area contributed by atoms with Gasteiger partial charge in [0.15, 0.2) is 0 Å². The minimum absolute atomic E-state index is 0.192. The average Bonchev–Trinajstić information content (AvgIpc) is 3.35.